The van der Waals surface area contributed by atoms with E-state index in [-0.39, 0.29) is 18.3 Å². The molecule has 0 spiro atoms. The van der Waals surface area contributed by atoms with Crippen LogP contribution in [0.25, 0.3) is 0 Å². The maximum atomic E-state index is 12.2. The standard InChI is InChI=1S/C22H20N4O2/c1-16-7-2-3-8-18(16)14-26-21(27)15-25-19-10-4-5-11-20(19)28-22-17(13-23)9-6-12-24-22/h2-12,25H,14-15H2,1H3,(H,26,27). The summed E-state index contributed by atoms with van der Waals surface area (Å²) in [6.45, 7) is 2.59. The van der Waals surface area contributed by atoms with Gasteiger partial charge in [0.25, 0.3) is 0 Å². The van der Waals surface area contributed by atoms with Crippen molar-refractivity contribution < 1.29 is 9.53 Å². The molecule has 0 aliphatic carbocycles. The van der Waals surface area contributed by atoms with Crippen molar-refractivity contribution in [3.8, 4) is 17.7 Å². The number of benzene rings is 2. The summed E-state index contributed by atoms with van der Waals surface area (Å²) in [6, 6.07) is 20.5. The highest BCUT2D eigenvalue weighted by Gasteiger charge is 2.10. The second kappa shape index (κ2) is 9.19. The first-order chi connectivity index (χ1) is 13.7. The molecule has 0 saturated carbocycles. The molecular weight excluding hydrogens is 352 g/mol. The molecule has 6 nitrogen and oxygen atoms in total. The SMILES string of the molecule is Cc1ccccc1CNC(=O)CNc1ccccc1Oc1ncccc1C#N. The maximum absolute atomic E-state index is 12.2. The number of hydrogen-bond donors (Lipinski definition) is 2. The Morgan fingerprint density at radius 1 is 1.11 bits per heavy atom. The molecule has 0 aliphatic rings. The van der Waals surface area contributed by atoms with E-state index in [2.05, 4.69) is 21.7 Å². The molecule has 3 rings (SSSR count). The molecule has 0 bridgehead atoms. The predicted octanol–water partition coefficient (Wildman–Crippen LogP) is 3.78. The van der Waals surface area contributed by atoms with Crippen LogP contribution in [0, 0.1) is 18.3 Å². The van der Waals surface area contributed by atoms with Crippen LogP contribution in [0.1, 0.15) is 16.7 Å². The molecule has 2 aromatic carbocycles. The summed E-state index contributed by atoms with van der Waals surface area (Å²) < 4.78 is 5.78. The number of aromatic nitrogens is 1. The number of rotatable bonds is 7. The van der Waals surface area contributed by atoms with E-state index in [1.807, 2.05) is 43.3 Å². The lowest BCUT2D eigenvalue weighted by molar-refractivity contribution is -0.119. The van der Waals surface area contributed by atoms with Crippen molar-refractivity contribution in [1.29, 1.82) is 5.26 Å². The number of nitrogens with zero attached hydrogens (tertiary/aromatic N) is 2. The van der Waals surface area contributed by atoms with Crippen LogP contribution in [-0.2, 0) is 11.3 Å². The van der Waals surface area contributed by atoms with Gasteiger partial charge in [-0.1, -0.05) is 36.4 Å². The molecule has 0 aliphatic heterocycles. The summed E-state index contributed by atoms with van der Waals surface area (Å²) in [5, 5.41) is 15.1. The average molecular weight is 372 g/mol. The van der Waals surface area contributed by atoms with Crippen molar-refractivity contribution in [3.05, 3.63) is 83.6 Å². The van der Waals surface area contributed by atoms with Crippen LogP contribution in [0.2, 0.25) is 0 Å². The average Bonchev–Trinajstić information content (AvgIpc) is 2.73. The number of anilines is 1. The molecule has 6 heteroatoms. The smallest absolute Gasteiger partial charge is 0.239 e. The minimum atomic E-state index is -0.131. The molecular formula is C22H20N4O2. The number of hydrogen-bond acceptors (Lipinski definition) is 5. The molecule has 0 unspecified atom stereocenters. The Bertz CT molecular complexity index is 1010. The topological polar surface area (TPSA) is 87.0 Å². The molecule has 1 heterocycles. The lowest BCUT2D eigenvalue weighted by Gasteiger charge is -2.13. The second-order valence-corrected chi connectivity index (χ2v) is 6.12. The van der Waals surface area contributed by atoms with Gasteiger partial charge >= 0.3 is 0 Å². The Kier molecular flexibility index (Phi) is 6.21. The molecule has 2 N–H and O–H groups in total. The number of para-hydroxylation sites is 2. The first-order valence-electron chi connectivity index (χ1n) is 8.84. The number of nitrogens with one attached hydrogen (secondary N) is 2. The van der Waals surface area contributed by atoms with Crippen molar-refractivity contribution >= 4 is 11.6 Å². The van der Waals surface area contributed by atoms with Gasteiger partial charge in [-0.15, -0.1) is 0 Å². The monoisotopic (exact) mass is 372 g/mol. The molecule has 0 radical (unpaired) electrons. The van der Waals surface area contributed by atoms with Gasteiger partial charge in [-0.25, -0.2) is 4.98 Å². The zero-order valence-corrected chi connectivity index (χ0v) is 15.5. The van der Waals surface area contributed by atoms with E-state index in [1.165, 1.54) is 0 Å². The van der Waals surface area contributed by atoms with Crippen molar-refractivity contribution in [3.63, 3.8) is 0 Å². The number of ether oxygens (including phenoxy) is 1. The third-order valence-electron chi connectivity index (χ3n) is 4.16. The van der Waals surface area contributed by atoms with E-state index in [0.717, 1.165) is 11.1 Å². The van der Waals surface area contributed by atoms with E-state index in [4.69, 9.17) is 4.74 Å². The fourth-order valence-electron chi connectivity index (χ4n) is 2.60. The second-order valence-electron chi connectivity index (χ2n) is 6.12. The van der Waals surface area contributed by atoms with Gasteiger partial charge in [0.05, 0.1) is 12.2 Å². The summed E-state index contributed by atoms with van der Waals surface area (Å²) in [5.74, 6) is 0.585. The highest BCUT2D eigenvalue weighted by atomic mass is 16.5. The Labute approximate surface area is 163 Å². The van der Waals surface area contributed by atoms with Crippen LogP contribution in [-0.4, -0.2) is 17.4 Å². The van der Waals surface area contributed by atoms with Gasteiger partial charge in [-0.3, -0.25) is 4.79 Å². The van der Waals surface area contributed by atoms with Crippen LogP contribution in [0.15, 0.2) is 66.9 Å². The predicted molar refractivity (Wildman–Crippen MR) is 107 cm³/mol. The minimum Gasteiger partial charge on any atom is -0.436 e. The van der Waals surface area contributed by atoms with Gasteiger partial charge in [0.1, 0.15) is 11.6 Å². The Balaban J connectivity index is 1.61. The first-order valence-corrected chi connectivity index (χ1v) is 8.84. The lowest BCUT2D eigenvalue weighted by Crippen LogP contribution is -2.29. The van der Waals surface area contributed by atoms with E-state index in [1.54, 1.807) is 30.5 Å². The van der Waals surface area contributed by atoms with Crippen LogP contribution in [0.3, 0.4) is 0 Å². The quantitative estimate of drug-likeness (QED) is 0.659. The zero-order valence-electron chi connectivity index (χ0n) is 15.5. The molecule has 3 aromatic rings. The van der Waals surface area contributed by atoms with Gasteiger partial charge in [0.15, 0.2) is 5.75 Å². The number of pyridine rings is 1. The van der Waals surface area contributed by atoms with Gasteiger partial charge in [-0.2, -0.15) is 5.26 Å². The van der Waals surface area contributed by atoms with Gasteiger partial charge in [0, 0.05) is 12.7 Å². The summed E-state index contributed by atoms with van der Waals surface area (Å²) in [4.78, 5) is 16.3. The number of nitriles is 1. The number of aryl methyl sites for hydroxylation is 1. The highest BCUT2D eigenvalue weighted by molar-refractivity contribution is 5.81. The largest absolute Gasteiger partial charge is 0.436 e. The van der Waals surface area contributed by atoms with E-state index in [0.29, 0.717) is 23.5 Å². The maximum Gasteiger partial charge on any atom is 0.239 e. The summed E-state index contributed by atoms with van der Waals surface area (Å²) in [6.07, 6.45) is 1.56. The van der Waals surface area contributed by atoms with E-state index in [9.17, 15) is 10.1 Å². The molecule has 1 amide bonds. The molecule has 140 valence electrons. The summed E-state index contributed by atoms with van der Waals surface area (Å²) in [5.41, 5.74) is 3.20. The van der Waals surface area contributed by atoms with E-state index >= 15 is 0 Å². The lowest BCUT2D eigenvalue weighted by atomic mass is 10.1. The number of amides is 1. The molecule has 0 atom stereocenters. The molecule has 28 heavy (non-hydrogen) atoms. The van der Waals surface area contributed by atoms with Crippen LogP contribution in [0.4, 0.5) is 5.69 Å². The highest BCUT2D eigenvalue weighted by Crippen LogP contribution is 2.29. The third kappa shape index (κ3) is 4.86. The Morgan fingerprint density at radius 3 is 2.71 bits per heavy atom. The normalized spacial score (nSPS) is 10.0. The van der Waals surface area contributed by atoms with Crippen molar-refractivity contribution in [2.24, 2.45) is 0 Å². The van der Waals surface area contributed by atoms with Gasteiger partial charge in [-0.05, 0) is 42.3 Å². The zero-order chi connectivity index (χ0) is 19.8. The molecule has 1 aromatic heterocycles. The fourth-order valence-corrected chi connectivity index (χ4v) is 2.60. The summed E-state index contributed by atoms with van der Waals surface area (Å²) >= 11 is 0. The Hall–Kier alpha value is -3.85. The summed E-state index contributed by atoms with van der Waals surface area (Å²) in [7, 11) is 0. The van der Waals surface area contributed by atoms with Crippen LogP contribution >= 0.6 is 0 Å². The fraction of sp³-hybridized carbons (Fsp3) is 0.136. The van der Waals surface area contributed by atoms with Crippen LogP contribution in [0.5, 0.6) is 11.6 Å². The van der Waals surface area contributed by atoms with Gasteiger partial charge < -0.3 is 15.4 Å². The first kappa shape index (κ1) is 18.9. The minimum absolute atomic E-state index is 0.0968. The third-order valence-corrected chi connectivity index (χ3v) is 4.16. The van der Waals surface area contributed by atoms with Gasteiger partial charge in [0.2, 0.25) is 11.8 Å². The number of carbonyl (C=O) groups excluding carboxylic acids is 1. The molecule has 0 fully saturated rings. The Morgan fingerprint density at radius 2 is 1.89 bits per heavy atom. The van der Waals surface area contributed by atoms with Crippen LogP contribution < -0.4 is 15.4 Å². The molecule has 0 saturated heterocycles. The number of carbonyl (C=O) groups is 1. The van der Waals surface area contributed by atoms with Crippen molar-refractivity contribution in [2.75, 3.05) is 11.9 Å². The van der Waals surface area contributed by atoms with Crippen molar-refractivity contribution in [1.82, 2.24) is 10.3 Å². The van der Waals surface area contributed by atoms with Crippen molar-refractivity contribution in [2.45, 2.75) is 13.5 Å². The van der Waals surface area contributed by atoms with E-state index < -0.39 is 0 Å².